The first kappa shape index (κ1) is 17.9. The molecule has 0 radical (unpaired) electrons. The standard InChI is InChI=1S/C18H18F3NO2S/c19-18(20,21)14-4-1-3-13(11-14)12-17(23)22-7-6-16(25-10-8-22)15-5-2-9-24-15/h1-5,9,11,16H,6-8,10,12H2. The SMILES string of the molecule is O=C(Cc1cccc(C(F)(F)F)c1)N1CCSC(c2ccco2)CC1. The first-order chi connectivity index (χ1) is 11.9. The number of nitrogens with zero attached hydrogens (tertiary/aromatic N) is 1. The summed E-state index contributed by atoms with van der Waals surface area (Å²) >= 11 is 1.74. The van der Waals surface area contributed by atoms with E-state index in [1.165, 1.54) is 6.07 Å². The Hall–Kier alpha value is -1.89. The zero-order valence-electron chi connectivity index (χ0n) is 13.5. The quantitative estimate of drug-likeness (QED) is 0.796. The van der Waals surface area contributed by atoms with Crippen LogP contribution < -0.4 is 0 Å². The molecule has 1 saturated heterocycles. The Morgan fingerprint density at radius 1 is 1.24 bits per heavy atom. The number of rotatable bonds is 3. The number of thioether (sulfide) groups is 1. The highest BCUT2D eigenvalue weighted by molar-refractivity contribution is 7.99. The molecule has 1 aliphatic rings. The lowest BCUT2D eigenvalue weighted by Gasteiger charge is -2.20. The summed E-state index contributed by atoms with van der Waals surface area (Å²) in [6.45, 7) is 1.18. The molecule has 1 amide bonds. The maximum Gasteiger partial charge on any atom is 0.416 e. The third kappa shape index (κ3) is 4.60. The summed E-state index contributed by atoms with van der Waals surface area (Å²) in [5.41, 5.74) is -0.332. The summed E-state index contributed by atoms with van der Waals surface area (Å²) < 4.78 is 43.8. The van der Waals surface area contributed by atoms with Crippen molar-refractivity contribution in [3.05, 3.63) is 59.5 Å². The van der Waals surface area contributed by atoms with E-state index in [0.717, 1.165) is 30.1 Å². The second-order valence-corrected chi connectivity index (χ2v) is 7.23. The molecule has 2 heterocycles. The molecular weight excluding hydrogens is 351 g/mol. The van der Waals surface area contributed by atoms with Crippen molar-refractivity contribution < 1.29 is 22.4 Å². The topological polar surface area (TPSA) is 33.5 Å². The van der Waals surface area contributed by atoms with Gasteiger partial charge in [-0.05, 0) is 30.2 Å². The van der Waals surface area contributed by atoms with Crippen molar-refractivity contribution in [2.45, 2.75) is 24.3 Å². The van der Waals surface area contributed by atoms with E-state index < -0.39 is 11.7 Å². The van der Waals surface area contributed by atoms with Crippen LogP contribution in [-0.2, 0) is 17.4 Å². The number of carbonyl (C=O) groups excluding carboxylic acids is 1. The third-order valence-electron chi connectivity index (χ3n) is 4.16. The first-order valence-electron chi connectivity index (χ1n) is 8.02. The minimum Gasteiger partial charge on any atom is -0.468 e. The van der Waals surface area contributed by atoms with Crippen LogP contribution in [-0.4, -0.2) is 29.6 Å². The molecule has 0 aliphatic carbocycles. The van der Waals surface area contributed by atoms with Gasteiger partial charge >= 0.3 is 6.18 Å². The van der Waals surface area contributed by atoms with Gasteiger partial charge in [0.05, 0.1) is 23.5 Å². The third-order valence-corrected chi connectivity index (χ3v) is 5.45. The van der Waals surface area contributed by atoms with Crippen LogP contribution in [0.25, 0.3) is 0 Å². The van der Waals surface area contributed by atoms with Crippen molar-refractivity contribution in [2.75, 3.05) is 18.8 Å². The van der Waals surface area contributed by atoms with Crippen LogP contribution >= 0.6 is 11.8 Å². The van der Waals surface area contributed by atoms with Crippen LogP contribution in [0.3, 0.4) is 0 Å². The maximum atomic E-state index is 12.8. The Labute approximate surface area is 148 Å². The summed E-state index contributed by atoms with van der Waals surface area (Å²) in [5, 5.41) is 0.210. The summed E-state index contributed by atoms with van der Waals surface area (Å²) in [7, 11) is 0. The highest BCUT2D eigenvalue weighted by Gasteiger charge is 2.30. The predicted molar refractivity (Wildman–Crippen MR) is 90.3 cm³/mol. The number of hydrogen-bond donors (Lipinski definition) is 0. The van der Waals surface area contributed by atoms with E-state index in [0.29, 0.717) is 18.7 Å². The number of benzene rings is 1. The number of halogens is 3. The van der Waals surface area contributed by atoms with Gasteiger partial charge in [-0.1, -0.05) is 18.2 Å². The molecule has 7 heteroatoms. The molecule has 0 N–H and O–H groups in total. The molecule has 134 valence electrons. The van der Waals surface area contributed by atoms with E-state index in [1.807, 2.05) is 12.1 Å². The van der Waals surface area contributed by atoms with Crippen LogP contribution in [0.4, 0.5) is 13.2 Å². The van der Waals surface area contributed by atoms with Crippen LogP contribution in [0.15, 0.2) is 47.1 Å². The van der Waals surface area contributed by atoms with Gasteiger partial charge < -0.3 is 9.32 Å². The Balaban J connectivity index is 1.62. The zero-order chi connectivity index (χ0) is 17.9. The van der Waals surface area contributed by atoms with E-state index in [1.54, 1.807) is 29.0 Å². The molecule has 1 atom stereocenters. The Bertz CT molecular complexity index is 715. The first-order valence-corrected chi connectivity index (χ1v) is 9.07. The van der Waals surface area contributed by atoms with Gasteiger partial charge in [-0.3, -0.25) is 4.79 Å². The van der Waals surface area contributed by atoms with E-state index >= 15 is 0 Å². The lowest BCUT2D eigenvalue weighted by atomic mass is 10.1. The fourth-order valence-corrected chi connectivity index (χ4v) is 4.05. The lowest BCUT2D eigenvalue weighted by Crippen LogP contribution is -2.34. The van der Waals surface area contributed by atoms with Gasteiger partial charge in [0, 0.05) is 18.8 Å². The van der Waals surface area contributed by atoms with Gasteiger partial charge in [-0.25, -0.2) is 0 Å². The summed E-state index contributed by atoms with van der Waals surface area (Å²) in [6.07, 6.45) is -2.00. The fraction of sp³-hybridized carbons (Fsp3) is 0.389. The van der Waals surface area contributed by atoms with Gasteiger partial charge in [0.2, 0.25) is 5.91 Å². The molecule has 3 nitrogen and oxygen atoms in total. The minimum absolute atomic E-state index is 0.0139. The average Bonchev–Trinajstić information content (AvgIpc) is 2.99. The summed E-state index contributed by atoms with van der Waals surface area (Å²) in [5.74, 6) is 1.54. The highest BCUT2D eigenvalue weighted by atomic mass is 32.2. The van der Waals surface area contributed by atoms with Gasteiger partial charge in [0.1, 0.15) is 5.76 Å². The highest BCUT2D eigenvalue weighted by Crippen LogP contribution is 2.34. The molecule has 1 aliphatic heterocycles. The van der Waals surface area contributed by atoms with Crippen molar-refractivity contribution >= 4 is 17.7 Å². The molecular formula is C18H18F3NO2S. The largest absolute Gasteiger partial charge is 0.468 e. The van der Waals surface area contributed by atoms with Gasteiger partial charge in [0.25, 0.3) is 0 Å². The van der Waals surface area contributed by atoms with Crippen molar-refractivity contribution in [3.8, 4) is 0 Å². The Kier molecular flexibility index (Phi) is 5.42. The number of hydrogen-bond acceptors (Lipinski definition) is 3. The molecule has 1 aromatic carbocycles. The second-order valence-electron chi connectivity index (χ2n) is 5.92. The Morgan fingerprint density at radius 2 is 2.08 bits per heavy atom. The molecule has 0 bridgehead atoms. The van der Waals surface area contributed by atoms with Gasteiger partial charge in [0.15, 0.2) is 0 Å². The number of carbonyl (C=O) groups is 1. The average molecular weight is 369 g/mol. The molecule has 25 heavy (non-hydrogen) atoms. The monoisotopic (exact) mass is 369 g/mol. The molecule has 1 aromatic heterocycles. The maximum absolute atomic E-state index is 12.8. The predicted octanol–water partition coefficient (Wildman–Crippen LogP) is 4.55. The Morgan fingerprint density at radius 3 is 2.80 bits per heavy atom. The molecule has 1 unspecified atom stereocenters. The number of furan rings is 1. The van der Waals surface area contributed by atoms with Crippen LogP contribution in [0, 0.1) is 0 Å². The van der Waals surface area contributed by atoms with Crippen LogP contribution in [0.5, 0.6) is 0 Å². The molecule has 0 saturated carbocycles. The lowest BCUT2D eigenvalue weighted by molar-refractivity contribution is -0.138. The van der Waals surface area contributed by atoms with E-state index in [-0.39, 0.29) is 17.6 Å². The molecule has 0 spiro atoms. The summed E-state index contributed by atoms with van der Waals surface area (Å²) in [4.78, 5) is 14.2. The zero-order valence-corrected chi connectivity index (χ0v) is 14.3. The van der Waals surface area contributed by atoms with Crippen LogP contribution in [0.2, 0.25) is 0 Å². The number of amides is 1. The van der Waals surface area contributed by atoms with Crippen molar-refractivity contribution in [1.82, 2.24) is 4.90 Å². The molecule has 3 rings (SSSR count). The molecule has 1 fully saturated rings. The molecule has 2 aromatic rings. The van der Waals surface area contributed by atoms with E-state index in [4.69, 9.17) is 4.42 Å². The smallest absolute Gasteiger partial charge is 0.416 e. The number of alkyl halides is 3. The summed E-state index contributed by atoms with van der Waals surface area (Å²) in [6, 6.07) is 8.75. The van der Waals surface area contributed by atoms with E-state index in [2.05, 4.69) is 0 Å². The fourth-order valence-electron chi connectivity index (χ4n) is 2.87. The van der Waals surface area contributed by atoms with Gasteiger partial charge in [-0.2, -0.15) is 13.2 Å². The van der Waals surface area contributed by atoms with E-state index in [9.17, 15) is 18.0 Å². The van der Waals surface area contributed by atoms with Crippen molar-refractivity contribution in [1.29, 1.82) is 0 Å². The van der Waals surface area contributed by atoms with Gasteiger partial charge in [-0.15, -0.1) is 11.8 Å². The van der Waals surface area contributed by atoms with Crippen LogP contribution in [0.1, 0.15) is 28.6 Å². The normalized spacial score (nSPS) is 18.8. The minimum atomic E-state index is -4.39. The van der Waals surface area contributed by atoms with Crippen molar-refractivity contribution in [2.24, 2.45) is 0 Å². The second kappa shape index (κ2) is 7.56. The van der Waals surface area contributed by atoms with Crippen molar-refractivity contribution in [3.63, 3.8) is 0 Å².